The molecule has 0 bridgehead atoms. The van der Waals surface area contributed by atoms with E-state index in [4.69, 9.17) is 4.74 Å². The number of aryl methyl sites for hydroxylation is 1. The highest BCUT2D eigenvalue weighted by atomic mass is 19.4. The minimum atomic E-state index is -4.43. The third-order valence-electron chi connectivity index (χ3n) is 8.40. The molecule has 0 aromatic heterocycles. The molecule has 6 rings (SSSR count). The molecule has 0 radical (unpaired) electrons. The number of ether oxygens (including phenoxy) is 1. The molecule has 3 aliphatic heterocycles. The monoisotopic (exact) mass is 456 g/mol. The van der Waals surface area contributed by atoms with Crippen LogP contribution < -0.4 is 9.64 Å². The summed E-state index contributed by atoms with van der Waals surface area (Å²) in [6, 6.07) is 8.93. The molecule has 2 aromatic carbocycles. The Hall–Kier alpha value is -2.21. The van der Waals surface area contributed by atoms with Crippen LogP contribution in [0.25, 0.3) is 11.1 Å². The van der Waals surface area contributed by atoms with Crippen LogP contribution in [0.5, 0.6) is 5.75 Å². The van der Waals surface area contributed by atoms with Gasteiger partial charge in [-0.2, -0.15) is 13.2 Å². The Kier molecular flexibility index (Phi) is 5.13. The number of anilines is 1. The van der Waals surface area contributed by atoms with Gasteiger partial charge in [0.1, 0.15) is 5.75 Å². The molecule has 2 atom stereocenters. The van der Waals surface area contributed by atoms with Gasteiger partial charge in [-0.25, -0.2) is 0 Å². The lowest BCUT2D eigenvalue weighted by Crippen LogP contribution is -2.48. The number of hydrogen-bond acceptors (Lipinski definition) is 3. The van der Waals surface area contributed by atoms with Crippen molar-refractivity contribution in [3.05, 3.63) is 47.0 Å². The predicted octanol–water partition coefficient (Wildman–Crippen LogP) is 6.11. The van der Waals surface area contributed by atoms with E-state index in [9.17, 15) is 13.2 Å². The second-order valence-electron chi connectivity index (χ2n) is 10.3. The van der Waals surface area contributed by atoms with Crippen molar-refractivity contribution in [2.24, 2.45) is 5.92 Å². The van der Waals surface area contributed by atoms with Crippen molar-refractivity contribution in [1.82, 2.24) is 4.90 Å². The summed E-state index contributed by atoms with van der Waals surface area (Å²) in [5.74, 6) is 1.46. The van der Waals surface area contributed by atoms with Crippen LogP contribution in [-0.2, 0) is 12.6 Å². The quantitative estimate of drug-likeness (QED) is 0.553. The van der Waals surface area contributed by atoms with Crippen molar-refractivity contribution < 1.29 is 17.9 Å². The fourth-order valence-electron chi connectivity index (χ4n) is 6.61. The average Bonchev–Trinajstić information content (AvgIpc) is 3.10. The minimum Gasteiger partial charge on any atom is -0.497 e. The number of fused-ring (bicyclic) bond motifs is 3. The first-order valence-corrected chi connectivity index (χ1v) is 12.3. The zero-order valence-electron chi connectivity index (χ0n) is 19.1. The van der Waals surface area contributed by atoms with Crippen LogP contribution in [0.3, 0.4) is 0 Å². The Morgan fingerprint density at radius 3 is 2.61 bits per heavy atom. The first-order valence-electron chi connectivity index (χ1n) is 12.3. The highest BCUT2D eigenvalue weighted by Gasteiger charge is 2.44. The summed E-state index contributed by atoms with van der Waals surface area (Å²) < 4.78 is 47.1. The van der Waals surface area contributed by atoms with Gasteiger partial charge in [-0.3, -0.25) is 0 Å². The summed E-state index contributed by atoms with van der Waals surface area (Å²) in [7, 11) is 1.40. The molecule has 0 amide bonds. The van der Waals surface area contributed by atoms with Crippen molar-refractivity contribution in [2.75, 3.05) is 38.2 Å². The third-order valence-corrected chi connectivity index (χ3v) is 8.40. The van der Waals surface area contributed by atoms with Crippen LogP contribution in [0.15, 0.2) is 30.3 Å². The Morgan fingerprint density at radius 1 is 1.03 bits per heavy atom. The van der Waals surface area contributed by atoms with Gasteiger partial charge >= 0.3 is 6.18 Å². The van der Waals surface area contributed by atoms with E-state index in [2.05, 4.69) is 15.9 Å². The van der Waals surface area contributed by atoms with Crippen LogP contribution in [0, 0.1) is 5.92 Å². The van der Waals surface area contributed by atoms with Crippen LogP contribution in [0.1, 0.15) is 54.7 Å². The minimum absolute atomic E-state index is 0.235. The number of piperidine rings is 1. The SMILES string of the molecule is COc1ccc(-c2cc3c4c(c2)[C@@H]2CN(CC5CCC5)CC[C@@H]2N4CCC3)c(C(F)(F)F)c1. The molecule has 4 aliphatic rings. The number of hydrogen-bond donors (Lipinski definition) is 0. The van der Waals surface area contributed by atoms with Gasteiger partial charge in [0.2, 0.25) is 0 Å². The van der Waals surface area contributed by atoms with Gasteiger partial charge in [0.15, 0.2) is 0 Å². The standard InChI is InChI=1S/C27H31F3N2O/c1-33-20-7-8-21(24(14-20)27(28,29)30)19-12-18-6-3-10-32-25-9-11-31(15-17-4-2-5-17)16-23(25)22(13-19)26(18)32/h7-8,12-14,17,23,25H,2-6,9-11,15-16H2,1H3/t23-,25-/m0/s1. The van der Waals surface area contributed by atoms with Crippen molar-refractivity contribution in [3.8, 4) is 16.9 Å². The van der Waals surface area contributed by atoms with Crippen LogP contribution in [0.4, 0.5) is 18.9 Å². The zero-order chi connectivity index (χ0) is 22.7. The van der Waals surface area contributed by atoms with E-state index in [0.717, 1.165) is 50.9 Å². The second kappa shape index (κ2) is 7.93. The molecule has 3 heterocycles. The van der Waals surface area contributed by atoms with Gasteiger partial charge in [0.25, 0.3) is 0 Å². The predicted molar refractivity (Wildman–Crippen MR) is 124 cm³/mol. The van der Waals surface area contributed by atoms with Gasteiger partial charge in [0, 0.05) is 43.8 Å². The number of halogens is 3. The Labute approximate surface area is 193 Å². The van der Waals surface area contributed by atoms with Crippen molar-refractivity contribution in [2.45, 2.75) is 56.7 Å². The molecule has 1 saturated carbocycles. The molecule has 3 nitrogen and oxygen atoms in total. The summed E-state index contributed by atoms with van der Waals surface area (Å²) in [4.78, 5) is 5.21. The highest BCUT2D eigenvalue weighted by Crippen LogP contribution is 2.51. The number of methoxy groups -OCH3 is 1. The highest BCUT2D eigenvalue weighted by molar-refractivity contribution is 5.78. The van der Waals surface area contributed by atoms with E-state index in [0.29, 0.717) is 17.5 Å². The molecule has 1 saturated heterocycles. The number of benzene rings is 2. The molecule has 0 spiro atoms. The molecule has 2 fully saturated rings. The van der Waals surface area contributed by atoms with E-state index in [1.165, 1.54) is 49.7 Å². The van der Waals surface area contributed by atoms with Gasteiger partial charge in [0.05, 0.1) is 12.7 Å². The topological polar surface area (TPSA) is 15.7 Å². The fraction of sp³-hybridized carbons (Fsp3) is 0.556. The maximum Gasteiger partial charge on any atom is 0.417 e. The molecule has 2 aromatic rings. The molecular formula is C27H31F3N2O. The normalized spacial score (nSPS) is 24.9. The van der Waals surface area contributed by atoms with Gasteiger partial charge < -0.3 is 14.5 Å². The number of rotatable bonds is 4. The lowest BCUT2D eigenvalue weighted by Gasteiger charge is -2.42. The smallest absolute Gasteiger partial charge is 0.417 e. The number of alkyl halides is 3. The zero-order valence-corrected chi connectivity index (χ0v) is 19.1. The van der Waals surface area contributed by atoms with Gasteiger partial charge in [-0.15, -0.1) is 0 Å². The lowest BCUT2D eigenvalue weighted by molar-refractivity contribution is -0.137. The van der Waals surface area contributed by atoms with E-state index in [1.807, 2.05) is 6.07 Å². The van der Waals surface area contributed by atoms with Crippen LogP contribution >= 0.6 is 0 Å². The maximum absolute atomic E-state index is 14.0. The van der Waals surface area contributed by atoms with Crippen LogP contribution in [-0.4, -0.2) is 44.2 Å². The van der Waals surface area contributed by atoms with Crippen molar-refractivity contribution >= 4 is 5.69 Å². The number of nitrogens with zero attached hydrogens (tertiary/aromatic N) is 2. The van der Waals surface area contributed by atoms with E-state index >= 15 is 0 Å². The molecule has 0 unspecified atom stereocenters. The maximum atomic E-state index is 14.0. The first-order chi connectivity index (χ1) is 15.9. The van der Waals surface area contributed by atoms with Gasteiger partial charge in [-0.1, -0.05) is 12.5 Å². The van der Waals surface area contributed by atoms with Crippen molar-refractivity contribution in [1.29, 1.82) is 0 Å². The molecular weight excluding hydrogens is 425 g/mol. The third kappa shape index (κ3) is 3.61. The Balaban J connectivity index is 1.41. The summed E-state index contributed by atoms with van der Waals surface area (Å²) in [5.41, 5.74) is 4.15. The summed E-state index contributed by atoms with van der Waals surface area (Å²) >= 11 is 0. The molecule has 6 heteroatoms. The molecule has 33 heavy (non-hydrogen) atoms. The van der Waals surface area contributed by atoms with E-state index in [-0.39, 0.29) is 11.3 Å². The van der Waals surface area contributed by atoms with Gasteiger partial charge in [-0.05, 0) is 84.5 Å². The fourth-order valence-corrected chi connectivity index (χ4v) is 6.61. The first kappa shape index (κ1) is 21.3. The van der Waals surface area contributed by atoms with Crippen LogP contribution in [0.2, 0.25) is 0 Å². The van der Waals surface area contributed by atoms with E-state index < -0.39 is 11.7 Å². The van der Waals surface area contributed by atoms with E-state index in [1.54, 1.807) is 12.1 Å². The lowest BCUT2D eigenvalue weighted by atomic mass is 9.82. The number of likely N-dealkylation sites (tertiary alicyclic amines) is 1. The molecule has 1 aliphatic carbocycles. The van der Waals surface area contributed by atoms with Crippen molar-refractivity contribution in [3.63, 3.8) is 0 Å². The average molecular weight is 457 g/mol. The molecule has 176 valence electrons. The second-order valence-corrected chi connectivity index (χ2v) is 10.3. The largest absolute Gasteiger partial charge is 0.497 e. The summed E-state index contributed by atoms with van der Waals surface area (Å²) in [6.45, 7) is 4.42. The Bertz CT molecular complexity index is 1060. The summed E-state index contributed by atoms with van der Waals surface area (Å²) in [6.07, 6.45) is 2.78. The summed E-state index contributed by atoms with van der Waals surface area (Å²) in [5, 5.41) is 0. The Morgan fingerprint density at radius 2 is 1.88 bits per heavy atom. The molecule has 0 N–H and O–H groups in total.